The Labute approximate surface area is 113 Å². The second-order valence-corrected chi connectivity index (χ2v) is 16.8. The van der Waals surface area contributed by atoms with Crippen LogP contribution in [0.4, 0.5) is 0 Å². The Morgan fingerprint density at radius 3 is 2.13 bits per heavy atom. The lowest BCUT2D eigenvalue weighted by Gasteiger charge is -2.12. The molecule has 0 radical (unpaired) electrons. The van der Waals surface area contributed by atoms with Crippen molar-refractivity contribution in [3.63, 3.8) is 0 Å². The van der Waals surface area contributed by atoms with E-state index in [1.54, 1.807) is 24.3 Å². The Morgan fingerprint density at radius 1 is 1.13 bits per heavy atom. The molecule has 0 spiro atoms. The van der Waals surface area contributed by atoms with Crippen LogP contribution in [0.15, 0.2) is 24.3 Å². The second-order valence-electron chi connectivity index (χ2n) is 2.88. The van der Waals surface area contributed by atoms with Gasteiger partial charge in [-0.2, -0.15) is 0 Å². The molecular formula is C7H6Cl5OPSi. The van der Waals surface area contributed by atoms with Gasteiger partial charge in [-0.25, -0.2) is 0 Å². The van der Waals surface area contributed by atoms with E-state index in [0.29, 0.717) is 10.9 Å². The standard InChI is InChI=1S/C7H6Cl5OPSi/c8-14(9,13)7-4-2-1-3-6(7)5-15(10,11)12/h1-4H,5H2. The first kappa shape index (κ1) is 14.2. The molecule has 1 aromatic rings. The summed E-state index contributed by atoms with van der Waals surface area (Å²) in [5.74, 6) is -3.35. The molecule has 0 N–H and O–H groups in total. The molecule has 0 atom stereocenters. The molecule has 0 saturated carbocycles. The fourth-order valence-corrected chi connectivity index (χ4v) is 5.05. The van der Waals surface area contributed by atoms with Gasteiger partial charge in [0.05, 0.1) is 0 Å². The van der Waals surface area contributed by atoms with E-state index in [1.807, 2.05) is 0 Å². The monoisotopic (exact) mass is 340 g/mol. The Bertz CT molecular complexity index is 399. The zero-order chi connectivity index (χ0) is 11.7. The highest BCUT2D eigenvalue weighted by Crippen LogP contribution is 2.56. The van der Waals surface area contributed by atoms with Gasteiger partial charge in [-0.3, -0.25) is 4.57 Å². The van der Waals surface area contributed by atoms with Crippen molar-refractivity contribution in [1.29, 1.82) is 0 Å². The summed E-state index contributed by atoms with van der Waals surface area (Å²) in [6.07, 6.45) is 0. The van der Waals surface area contributed by atoms with Crippen molar-refractivity contribution < 1.29 is 4.57 Å². The highest BCUT2D eigenvalue weighted by molar-refractivity contribution is 8.13. The molecule has 0 aromatic heterocycles. The summed E-state index contributed by atoms with van der Waals surface area (Å²) in [6.45, 7) is 0. The lowest BCUT2D eigenvalue weighted by molar-refractivity contribution is 0.597. The number of halogens is 5. The van der Waals surface area contributed by atoms with Crippen molar-refractivity contribution >= 4 is 72.9 Å². The van der Waals surface area contributed by atoms with Gasteiger partial charge in [0.1, 0.15) is 0 Å². The van der Waals surface area contributed by atoms with E-state index < -0.39 is 11.9 Å². The molecule has 1 rings (SSSR count). The summed E-state index contributed by atoms with van der Waals surface area (Å²) >= 11 is 28.6. The molecule has 84 valence electrons. The highest BCUT2D eigenvalue weighted by Gasteiger charge is 2.30. The smallest absolute Gasteiger partial charge is 0.284 e. The van der Waals surface area contributed by atoms with Crippen LogP contribution in [0.3, 0.4) is 0 Å². The Morgan fingerprint density at radius 2 is 1.67 bits per heavy atom. The fraction of sp³-hybridized carbons (Fsp3) is 0.143. The quantitative estimate of drug-likeness (QED) is 0.441. The van der Waals surface area contributed by atoms with Crippen molar-refractivity contribution in [3.8, 4) is 0 Å². The summed E-state index contributed by atoms with van der Waals surface area (Å²) in [6, 6.07) is 4.16. The molecule has 0 aliphatic heterocycles. The van der Waals surface area contributed by atoms with E-state index >= 15 is 0 Å². The average Bonchev–Trinajstić information content (AvgIpc) is 1.99. The number of rotatable bonds is 3. The van der Waals surface area contributed by atoms with E-state index in [1.165, 1.54) is 0 Å². The first-order valence-corrected chi connectivity index (χ1v) is 12.6. The minimum Gasteiger partial charge on any atom is -0.284 e. The topological polar surface area (TPSA) is 17.1 Å². The van der Waals surface area contributed by atoms with Crippen LogP contribution >= 0.6 is 61.6 Å². The fourth-order valence-electron chi connectivity index (χ4n) is 1.13. The van der Waals surface area contributed by atoms with Crippen molar-refractivity contribution in [2.45, 2.75) is 6.04 Å². The molecule has 1 nitrogen and oxygen atoms in total. The molecule has 0 amide bonds. The van der Waals surface area contributed by atoms with Crippen molar-refractivity contribution in [3.05, 3.63) is 29.8 Å². The zero-order valence-corrected chi connectivity index (χ0v) is 12.9. The van der Waals surface area contributed by atoms with E-state index in [4.69, 9.17) is 55.7 Å². The van der Waals surface area contributed by atoms with E-state index in [9.17, 15) is 4.57 Å². The van der Waals surface area contributed by atoms with Crippen molar-refractivity contribution in [1.82, 2.24) is 0 Å². The summed E-state index contributed by atoms with van der Waals surface area (Å²) in [7, 11) is 0. The molecule has 0 unspecified atom stereocenters. The minimum atomic E-state index is -3.35. The Hall–Kier alpha value is 1.12. The molecule has 0 saturated heterocycles. The average molecular weight is 342 g/mol. The van der Waals surface area contributed by atoms with Crippen LogP contribution in [0.1, 0.15) is 5.56 Å². The van der Waals surface area contributed by atoms with E-state index in [2.05, 4.69) is 0 Å². The van der Waals surface area contributed by atoms with Gasteiger partial charge in [-0.05, 0) is 34.1 Å². The van der Waals surface area contributed by atoms with Crippen LogP contribution in [0.2, 0.25) is 0 Å². The van der Waals surface area contributed by atoms with Gasteiger partial charge in [-0.15, -0.1) is 33.2 Å². The molecule has 8 heteroatoms. The first-order valence-electron chi connectivity index (χ1n) is 3.85. The molecular weight excluding hydrogens is 336 g/mol. The number of benzene rings is 1. The molecule has 1 aromatic carbocycles. The van der Waals surface area contributed by atoms with E-state index in [-0.39, 0.29) is 6.04 Å². The van der Waals surface area contributed by atoms with Gasteiger partial charge in [0.15, 0.2) is 0 Å². The number of hydrogen-bond acceptors (Lipinski definition) is 1. The third kappa shape index (κ3) is 4.87. The lowest BCUT2D eigenvalue weighted by atomic mass is 10.2. The van der Waals surface area contributed by atoms with Gasteiger partial charge in [0.25, 0.3) is 5.85 Å². The van der Waals surface area contributed by atoms with Crippen molar-refractivity contribution in [2.75, 3.05) is 0 Å². The van der Waals surface area contributed by atoms with Crippen LogP contribution in [0.25, 0.3) is 0 Å². The number of hydrogen-bond donors (Lipinski definition) is 0. The van der Waals surface area contributed by atoms with Gasteiger partial charge < -0.3 is 0 Å². The summed E-state index contributed by atoms with van der Waals surface area (Å²) in [5, 5.41) is 0.354. The van der Waals surface area contributed by atoms with Gasteiger partial charge in [0.2, 0.25) is 0 Å². The normalized spacial score (nSPS) is 12.9. The first-order chi connectivity index (χ1) is 6.70. The maximum Gasteiger partial charge on any atom is 0.345 e. The third-order valence-corrected chi connectivity index (χ3v) is 5.74. The maximum atomic E-state index is 11.5. The molecule has 0 fully saturated rings. The van der Waals surface area contributed by atoms with Crippen LogP contribution < -0.4 is 5.30 Å². The van der Waals surface area contributed by atoms with Crippen LogP contribution in [0.5, 0.6) is 0 Å². The summed E-state index contributed by atoms with van der Waals surface area (Å²) in [4.78, 5) is 0. The predicted octanol–water partition coefficient (Wildman–Crippen LogP) is 4.72. The maximum absolute atomic E-state index is 11.5. The van der Waals surface area contributed by atoms with Gasteiger partial charge in [-0.1, -0.05) is 18.2 Å². The molecule has 15 heavy (non-hydrogen) atoms. The van der Waals surface area contributed by atoms with Crippen molar-refractivity contribution in [2.24, 2.45) is 0 Å². The largest absolute Gasteiger partial charge is 0.345 e. The Kier molecular flexibility index (Phi) is 4.90. The van der Waals surface area contributed by atoms with Crippen LogP contribution in [0, 0.1) is 0 Å². The highest BCUT2D eigenvalue weighted by atomic mass is 35.9. The zero-order valence-electron chi connectivity index (χ0n) is 7.26. The van der Waals surface area contributed by atoms with Gasteiger partial charge in [0, 0.05) is 11.3 Å². The van der Waals surface area contributed by atoms with Crippen LogP contribution in [-0.2, 0) is 10.6 Å². The SMILES string of the molecule is O=P(Cl)(Cl)c1ccccc1C[Si](Cl)(Cl)Cl. The third-order valence-electron chi connectivity index (χ3n) is 1.66. The summed E-state index contributed by atoms with van der Waals surface area (Å²) < 4.78 is 11.5. The molecule has 0 heterocycles. The Balaban J connectivity index is 3.14. The lowest BCUT2D eigenvalue weighted by Crippen LogP contribution is -2.19. The molecule has 0 aliphatic rings. The predicted molar refractivity (Wildman–Crippen MR) is 72.4 cm³/mol. The summed E-state index contributed by atoms with van der Waals surface area (Å²) in [5.41, 5.74) is 0.637. The molecule has 0 bridgehead atoms. The minimum absolute atomic E-state index is 0.247. The van der Waals surface area contributed by atoms with Gasteiger partial charge >= 0.3 is 6.00 Å². The molecule has 0 aliphatic carbocycles. The van der Waals surface area contributed by atoms with Crippen LogP contribution in [-0.4, -0.2) is 6.00 Å². The van der Waals surface area contributed by atoms with E-state index in [0.717, 1.165) is 0 Å². The second kappa shape index (κ2) is 5.18.